The zero-order valence-corrected chi connectivity index (χ0v) is 30.9. The molecule has 0 radical (unpaired) electrons. The minimum absolute atomic E-state index is 0.0647. The van der Waals surface area contributed by atoms with E-state index in [1.165, 1.54) is 6.07 Å². The number of rotatable bonds is 13. The second-order valence-corrected chi connectivity index (χ2v) is 14.0. The first-order chi connectivity index (χ1) is 25.8. The molecule has 6 rings (SSSR count). The first-order valence-corrected chi connectivity index (χ1v) is 18.8. The molecule has 0 saturated carbocycles. The first-order valence-electron chi connectivity index (χ1n) is 18.4. The van der Waals surface area contributed by atoms with Crippen molar-refractivity contribution in [3.8, 4) is 16.9 Å². The molecular weight excluding hydrogens is 695 g/mol. The molecule has 3 heterocycles. The highest BCUT2D eigenvalue weighted by Gasteiger charge is 2.37. The van der Waals surface area contributed by atoms with Gasteiger partial charge in [-0.15, -0.1) is 0 Å². The van der Waals surface area contributed by atoms with Gasteiger partial charge in [0.1, 0.15) is 30.0 Å². The van der Waals surface area contributed by atoms with Crippen molar-refractivity contribution in [3.63, 3.8) is 0 Å². The number of nitrogen functional groups attached to an aromatic ring is 1. The van der Waals surface area contributed by atoms with E-state index in [1.54, 1.807) is 18.3 Å². The molecule has 53 heavy (non-hydrogen) atoms. The van der Waals surface area contributed by atoms with Gasteiger partial charge < -0.3 is 30.3 Å². The summed E-state index contributed by atoms with van der Waals surface area (Å²) in [6, 6.07) is 23.3. The number of nitrogens with two attached hydrogens (primary N) is 1. The van der Waals surface area contributed by atoms with E-state index >= 15 is 0 Å². The van der Waals surface area contributed by atoms with Gasteiger partial charge in [0.2, 0.25) is 5.91 Å². The van der Waals surface area contributed by atoms with Crippen molar-refractivity contribution in [1.29, 1.82) is 0 Å². The number of ether oxygens (including phenoxy) is 2. The molecule has 4 aromatic rings. The number of carbonyl (C=O) groups is 2. The van der Waals surface area contributed by atoms with Crippen molar-refractivity contribution in [1.82, 2.24) is 25.0 Å². The maximum atomic E-state index is 14.8. The highest BCUT2D eigenvalue weighted by molar-refractivity contribution is 6.30. The van der Waals surface area contributed by atoms with Crippen LogP contribution in [-0.4, -0.2) is 90.1 Å². The van der Waals surface area contributed by atoms with Crippen LogP contribution in [0.5, 0.6) is 5.75 Å². The standard InChI is InChI=1S/C41H48ClFN6O4/c1-2-52-37-12-6-11-36(43)35(37)27-48-22-24-49(25-23-48)40(50)38(46-41(51)53-28-29-8-4-3-5-9-29)30-15-19-47(20-16-30)21-17-31-26-32(42)13-14-33(31)34-10-7-18-45-39(34)44/h3-14,18,26,30,38H,2,15-17,19-25,27-28H2,1H3,(H2,44,45)(H,46,51)/t38-/m1/s1. The Kier molecular flexibility index (Phi) is 13.2. The predicted octanol–water partition coefficient (Wildman–Crippen LogP) is 6.42. The molecule has 2 aliphatic rings. The number of nitrogens with one attached hydrogen (secondary N) is 1. The highest BCUT2D eigenvalue weighted by atomic mass is 35.5. The van der Waals surface area contributed by atoms with Crippen molar-refractivity contribution >= 4 is 29.4 Å². The second kappa shape index (κ2) is 18.4. The monoisotopic (exact) mass is 742 g/mol. The summed E-state index contributed by atoms with van der Waals surface area (Å²) in [5.74, 6) is 0.542. The van der Waals surface area contributed by atoms with Crippen LogP contribution in [0.2, 0.25) is 5.02 Å². The molecule has 280 valence electrons. The normalized spacial score (nSPS) is 16.2. The van der Waals surface area contributed by atoms with Crippen LogP contribution in [0.25, 0.3) is 11.1 Å². The van der Waals surface area contributed by atoms with Crippen LogP contribution in [0.1, 0.15) is 36.5 Å². The molecule has 10 nitrogen and oxygen atoms in total. The number of aromatic nitrogens is 1. The van der Waals surface area contributed by atoms with E-state index in [-0.39, 0.29) is 24.2 Å². The second-order valence-electron chi connectivity index (χ2n) is 13.6. The molecule has 3 N–H and O–H groups in total. The molecule has 2 aliphatic heterocycles. The molecule has 0 bridgehead atoms. The van der Waals surface area contributed by atoms with Crippen LogP contribution < -0.4 is 15.8 Å². The number of piperazine rings is 1. The molecular formula is C41H48ClFN6O4. The van der Waals surface area contributed by atoms with E-state index < -0.39 is 12.1 Å². The minimum Gasteiger partial charge on any atom is -0.493 e. The van der Waals surface area contributed by atoms with Crippen LogP contribution in [0.4, 0.5) is 15.0 Å². The molecule has 1 aromatic heterocycles. The van der Waals surface area contributed by atoms with Crippen molar-refractivity contribution < 1.29 is 23.5 Å². The Labute approximate surface area is 316 Å². The van der Waals surface area contributed by atoms with E-state index in [9.17, 15) is 14.0 Å². The Bertz CT molecular complexity index is 1830. The molecule has 12 heteroatoms. The zero-order chi connectivity index (χ0) is 37.2. The Balaban J connectivity index is 1.08. The van der Waals surface area contributed by atoms with Crippen molar-refractivity contribution in [3.05, 3.63) is 113 Å². The smallest absolute Gasteiger partial charge is 0.408 e. The van der Waals surface area contributed by atoms with E-state index in [1.807, 2.05) is 72.5 Å². The van der Waals surface area contributed by atoms with Gasteiger partial charge in [-0.05, 0) is 98.3 Å². The molecule has 0 spiro atoms. The van der Waals surface area contributed by atoms with Gasteiger partial charge in [-0.3, -0.25) is 9.69 Å². The Hall–Kier alpha value is -4.71. The fourth-order valence-electron chi connectivity index (χ4n) is 7.27. The average molecular weight is 743 g/mol. The molecule has 3 aromatic carbocycles. The third-order valence-electron chi connectivity index (χ3n) is 10.2. The van der Waals surface area contributed by atoms with Gasteiger partial charge in [0.05, 0.1) is 6.61 Å². The van der Waals surface area contributed by atoms with Gasteiger partial charge in [0.25, 0.3) is 0 Å². The summed E-state index contributed by atoms with van der Waals surface area (Å²) < 4.78 is 26.0. The largest absolute Gasteiger partial charge is 0.493 e. The van der Waals surface area contributed by atoms with Crippen LogP contribution in [0.15, 0.2) is 85.1 Å². The molecule has 2 saturated heterocycles. The number of hydrogen-bond donors (Lipinski definition) is 2. The number of nitrogens with zero attached hydrogens (tertiary/aromatic N) is 4. The summed E-state index contributed by atoms with van der Waals surface area (Å²) in [5, 5.41) is 3.63. The maximum absolute atomic E-state index is 14.8. The van der Waals surface area contributed by atoms with Gasteiger partial charge >= 0.3 is 6.09 Å². The van der Waals surface area contributed by atoms with Crippen LogP contribution in [0.3, 0.4) is 0 Å². The van der Waals surface area contributed by atoms with E-state index in [2.05, 4.69) is 20.1 Å². The number of carbonyl (C=O) groups excluding carboxylic acids is 2. The number of hydrogen-bond acceptors (Lipinski definition) is 8. The summed E-state index contributed by atoms with van der Waals surface area (Å²) in [6.45, 7) is 7.28. The number of alkyl carbamates (subject to hydrolysis) is 1. The summed E-state index contributed by atoms with van der Waals surface area (Å²) in [5.41, 5.74) is 10.6. The third kappa shape index (κ3) is 10.0. The quantitative estimate of drug-likeness (QED) is 0.162. The van der Waals surface area contributed by atoms with Crippen LogP contribution in [0, 0.1) is 11.7 Å². The third-order valence-corrected chi connectivity index (χ3v) is 10.4. The van der Waals surface area contributed by atoms with Gasteiger partial charge in [-0.25, -0.2) is 14.2 Å². The summed E-state index contributed by atoms with van der Waals surface area (Å²) >= 11 is 6.42. The Morgan fingerprint density at radius 2 is 1.72 bits per heavy atom. The van der Waals surface area contributed by atoms with Crippen molar-refractivity contribution in [2.24, 2.45) is 5.92 Å². The zero-order valence-electron chi connectivity index (χ0n) is 30.2. The predicted molar refractivity (Wildman–Crippen MR) is 205 cm³/mol. The van der Waals surface area contributed by atoms with Crippen molar-refractivity contribution in [2.75, 3.05) is 58.2 Å². The molecule has 2 amide bonds. The van der Waals surface area contributed by atoms with Crippen LogP contribution in [-0.2, 0) is 29.1 Å². The lowest BCUT2D eigenvalue weighted by Gasteiger charge is -2.40. The SMILES string of the molecule is CCOc1cccc(F)c1CN1CCN(C(=O)[C@H](NC(=O)OCc2ccccc2)C2CCN(CCc3cc(Cl)ccc3-c3cccnc3N)CC2)CC1. The van der Waals surface area contributed by atoms with Crippen LogP contribution >= 0.6 is 11.6 Å². The summed E-state index contributed by atoms with van der Waals surface area (Å²) in [6.07, 6.45) is 3.31. The fourth-order valence-corrected chi connectivity index (χ4v) is 7.46. The summed E-state index contributed by atoms with van der Waals surface area (Å²) in [7, 11) is 0. The lowest BCUT2D eigenvalue weighted by molar-refractivity contribution is -0.137. The Morgan fingerprint density at radius 3 is 2.45 bits per heavy atom. The summed E-state index contributed by atoms with van der Waals surface area (Å²) in [4.78, 5) is 38.0. The number of amides is 2. The number of halogens is 2. The lowest BCUT2D eigenvalue weighted by atomic mass is 9.88. The highest BCUT2D eigenvalue weighted by Crippen LogP contribution is 2.31. The molecule has 1 atom stereocenters. The average Bonchev–Trinajstić information content (AvgIpc) is 3.18. The number of anilines is 1. The van der Waals surface area contributed by atoms with Gasteiger partial charge in [-0.1, -0.05) is 54.1 Å². The maximum Gasteiger partial charge on any atom is 0.408 e. The van der Waals surface area contributed by atoms with Gasteiger partial charge in [0, 0.05) is 61.6 Å². The van der Waals surface area contributed by atoms with E-state index in [4.69, 9.17) is 26.8 Å². The van der Waals surface area contributed by atoms with E-state index in [0.717, 1.165) is 61.2 Å². The molecule has 2 fully saturated rings. The number of pyridine rings is 1. The van der Waals surface area contributed by atoms with E-state index in [0.29, 0.717) is 61.5 Å². The number of piperidine rings is 1. The minimum atomic E-state index is -0.726. The molecule has 0 aliphatic carbocycles. The first kappa shape index (κ1) is 38.0. The lowest BCUT2D eigenvalue weighted by Crippen LogP contribution is -2.58. The number of likely N-dealkylation sites (tertiary alicyclic amines) is 1. The topological polar surface area (TPSA) is 113 Å². The Morgan fingerprint density at radius 1 is 0.943 bits per heavy atom. The van der Waals surface area contributed by atoms with Gasteiger partial charge in [-0.2, -0.15) is 0 Å². The van der Waals surface area contributed by atoms with Crippen molar-refractivity contribution in [2.45, 2.75) is 45.4 Å². The van der Waals surface area contributed by atoms with Gasteiger partial charge in [0.15, 0.2) is 0 Å². The number of benzene rings is 3. The fraction of sp³-hybridized carbons (Fsp3) is 0.390. The molecule has 0 unspecified atom stereocenters.